The second kappa shape index (κ2) is 7.98. The molecule has 7 atom stereocenters. The molecule has 0 aromatic carbocycles. The maximum Gasteiger partial charge on any atom is 0.187 e. The fourth-order valence-corrected chi connectivity index (χ4v) is 9.16. The normalized spacial score (nSPS) is 39.7. The Morgan fingerprint density at radius 1 is 1.26 bits per heavy atom. The Balaban J connectivity index is 1.28. The molecule has 2 heterocycles. The first-order chi connectivity index (χ1) is 16.7. The quantitative estimate of drug-likeness (QED) is 0.496. The van der Waals surface area contributed by atoms with Gasteiger partial charge in [-0.15, -0.1) is 0 Å². The molecule has 0 bridgehead atoms. The third-order valence-electron chi connectivity index (χ3n) is 10.1. The molecule has 35 heavy (non-hydrogen) atoms. The van der Waals surface area contributed by atoms with Crippen LogP contribution in [0.3, 0.4) is 0 Å². The predicted molar refractivity (Wildman–Crippen MR) is 133 cm³/mol. The molecule has 3 fully saturated rings. The van der Waals surface area contributed by atoms with Crippen LogP contribution >= 0.6 is 11.8 Å². The number of allylic oxidation sites excluding steroid dienone is 1. The minimum Gasteiger partial charge on any atom is -0.393 e. The lowest BCUT2D eigenvalue weighted by molar-refractivity contribution is -0.177. The number of carbonyl (C=O) groups is 1. The van der Waals surface area contributed by atoms with Crippen LogP contribution in [0.5, 0.6) is 0 Å². The Morgan fingerprint density at radius 2 is 2.03 bits per heavy atom. The van der Waals surface area contributed by atoms with E-state index in [1.54, 1.807) is 18.5 Å². The minimum atomic E-state index is -1.43. The number of aliphatic hydroxyl groups excluding tert-OH is 1. The Hall–Kier alpha value is -2.03. The maximum atomic E-state index is 13.5. The van der Waals surface area contributed by atoms with Gasteiger partial charge in [-0.05, 0) is 79.4 Å². The smallest absolute Gasteiger partial charge is 0.187 e. The summed E-state index contributed by atoms with van der Waals surface area (Å²) in [7, 11) is 1.99. The summed E-state index contributed by atoms with van der Waals surface area (Å²) in [6.45, 7) is 4.37. The number of nitrogens with zero attached hydrogens (tertiary/aromatic N) is 4. The molecule has 4 aliphatic carbocycles. The first kappa shape index (κ1) is 23.4. The minimum absolute atomic E-state index is 0.120. The van der Waals surface area contributed by atoms with Crippen LogP contribution in [0.4, 0.5) is 0 Å². The van der Waals surface area contributed by atoms with Gasteiger partial charge in [0.2, 0.25) is 0 Å². The molecule has 7 nitrogen and oxygen atoms in total. The molecule has 0 spiro atoms. The number of Topliss-reactive ketones (excluding diaryl/α,β-unsaturated/α-hetero) is 1. The summed E-state index contributed by atoms with van der Waals surface area (Å²) in [5.41, 5.74) is 1.68. The van der Waals surface area contributed by atoms with Crippen LogP contribution in [0.25, 0.3) is 6.08 Å². The first-order valence-corrected chi connectivity index (χ1v) is 13.7. The highest BCUT2D eigenvalue weighted by molar-refractivity contribution is 7.99. The van der Waals surface area contributed by atoms with E-state index >= 15 is 0 Å². The highest BCUT2D eigenvalue weighted by Gasteiger charge is 2.68. The molecule has 0 saturated heterocycles. The Labute approximate surface area is 210 Å². The topological polar surface area (TPSA) is 101 Å². The molecule has 0 amide bonds. The third kappa shape index (κ3) is 3.25. The maximum absolute atomic E-state index is 13.5. The number of fused-ring (bicyclic) bond motifs is 6. The highest BCUT2D eigenvalue weighted by atomic mass is 32.2. The van der Waals surface area contributed by atoms with Gasteiger partial charge in [0.1, 0.15) is 5.60 Å². The largest absolute Gasteiger partial charge is 0.393 e. The van der Waals surface area contributed by atoms with E-state index in [4.69, 9.17) is 0 Å². The van der Waals surface area contributed by atoms with Crippen LogP contribution in [0.15, 0.2) is 35.4 Å². The Kier molecular flexibility index (Phi) is 5.33. The lowest BCUT2D eigenvalue weighted by atomic mass is 9.45. The van der Waals surface area contributed by atoms with Gasteiger partial charge < -0.3 is 10.2 Å². The van der Waals surface area contributed by atoms with Gasteiger partial charge in [0, 0.05) is 24.9 Å². The van der Waals surface area contributed by atoms with Crippen molar-refractivity contribution < 1.29 is 15.0 Å². The number of aryl methyl sites for hydroxylation is 1. The lowest BCUT2D eigenvalue weighted by Crippen LogP contribution is -2.62. The van der Waals surface area contributed by atoms with Crippen molar-refractivity contribution in [3.63, 3.8) is 0 Å². The second-order valence-electron chi connectivity index (χ2n) is 11.6. The Morgan fingerprint density at radius 3 is 2.80 bits per heavy atom. The summed E-state index contributed by atoms with van der Waals surface area (Å²) in [6.07, 6.45) is 11.7. The average molecular weight is 495 g/mol. The number of hydrogen-bond acceptors (Lipinski definition) is 7. The zero-order chi connectivity index (χ0) is 24.6. The van der Waals surface area contributed by atoms with Crippen LogP contribution < -0.4 is 0 Å². The van der Waals surface area contributed by atoms with E-state index in [2.05, 4.69) is 35.0 Å². The summed E-state index contributed by atoms with van der Waals surface area (Å²) in [5, 5.41) is 28.6. The fraction of sp³-hybridized carbons (Fsp3) is 0.630. The van der Waals surface area contributed by atoms with Crippen molar-refractivity contribution in [2.75, 3.05) is 5.75 Å². The van der Waals surface area contributed by atoms with Gasteiger partial charge in [-0.2, -0.15) is 5.10 Å². The molecule has 2 N–H and O–H groups in total. The van der Waals surface area contributed by atoms with Gasteiger partial charge in [-0.3, -0.25) is 9.48 Å². The van der Waals surface area contributed by atoms with Crippen molar-refractivity contribution in [3.8, 4) is 0 Å². The fourth-order valence-electron chi connectivity index (χ4n) is 8.39. The molecule has 0 radical (unpaired) electrons. The number of carbonyl (C=O) groups excluding carboxylic acids is 1. The van der Waals surface area contributed by atoms with Crippen molar-refractivity contribution in [1.82, 2.24) is 19.7 Å². The van der Waals surface area contributed by atoms with E-state index in [-0.39, 0.29) is 34.7 Å². The van der Waals surface area contributed by atoms with Gasteiger partial charge in [0.05, 0.1) is 23.7 Å². The standard InChI is InChI=1S/C27H34N4O3S/c1-25-12-16-14-30-31(3)20(16)11-17(25)5-6-18-19-7-8-27(34,26(19,2)13-21(32)23(18)25)22(33)15-35-24-28-9-4-10-29-24/h4,9-11,14,18-19,21,23,32,34H,5-8,12-13,15H2,1-3H3/t18?,19?,21?,23?,25?,26?,27-/m0/s1. The summed E-state index contributed by atoms with van der Waals surface area (Å²) < 4.78 is 1.95. The van der Waals surface area contributed by atoms with Gasteiger partial charge >= 0.3 is 0 Å². The number of thioether (sulfide) groups is 1. The van der Waals surface area contributed by atoms with Gasteiger partial charge in [-0.25, -0.2) is 9.97 Å². The van der Waals surface area contributed by atoms with E-state index in [9.17, 15) is 15.0 Å². The molecule has 2 aromatic rings. The van der Waals surface area contributed by atoms with Crippen LogP contribution in [0.1, 0.15) is 57.2 Å². The molecule has 0 aliphatic heterocycles. The SMILES string of the molecule is Cn1ncc2c1C=C1CCC3C(C(O)CC4(C)C3CC[C@]4(O)C(=O)CSc3ncccn3)C1(C)C2. The number of aliphatic hydroxyl groups is 2. The first-order valence-electron chi connectivity index (χ1n) is 12.7. The van der Waals surface area contributed by atoms with E-state index in [1.165, 1.54) is 28.6 Å². The van der Waals surface area contributed by atoms with Crippen LogP contribution in [0, 0.1) is 28.6 Å². The van der Waals surface area contributed by atoms with Gasteiger partial charge in [-0.1, -0.05) is 31.2 Å². The van der Waals surface area contributed by atoms with Crippen molar-refractivity contribution >= 4 is 23.6 Å². The molecule has 186 valence electrons. The summed E-state index contributed by atoms with van der Waals surface area (Å²) in [5.74, 6) is 0.610. The summed E-state index contributed by atoms with van der Waals surface area (Å²) in [4.78, 5) is 21.9. The Bertz CT molecular complexity index is 1200. The van der Waals surface area contributed by atoms with E-state index in [1.807, 2.05) is 17.9 Å². The average Bonchev–Trinajstić information content (AvgIpc) is 3.32. The van der Waals surface area contributed by atoms with Crippen molar-refractivity contribution in [1.29, 1.82) is 0 Å². The van der Waals surface area contributed by atoms with Crippen LogP contribution in [-0.4, -0.2) is 53.2 Å². The lowest BCUT2D eigenvalue weighted by Gasteiger charge is -2.60. The molecular formula is C27H34N4O3S. The zero-order valence-electron chi connectivity index (χ0n) is 20.6. The third-order valence-corrected chi connectivity index (χ3v) is 11.0. The number of hydrogen-bond donors (Lipinski definition) is 2. The van der Waals surface area contributed by atoms with E-state index in [0.29, 0.717) is 18.0 Å². The molecule has 4 aliphatic rings. The predicted octanol–water partition coefficient (Wildman–Crippen LogP) is 3.46. The zero-order valence-corrected chi connectivity index (χ0v) is 21.5. The van der Waals surface area contributed by atoms with E-state index < -0.39 is 17.1 Å². The molecular weight excluding hydrogens is 460 g/mol. The van der Waals surface area contributed by atoms with Gasteiger partial charge in [0.25, 0.3) is 0 Å². The number of rotatable bonds is 4. The monoisotopic (exact) mass is 494 g/mol. The second-order valence-corrected chi connectivity index (χ2v) is 12.6. The molecule has 6 rings (SSSR count). The van der Waals surface area contributed by atoms with Crippen molar-refractivity contribution in [2.24, 2.45) is 35.6 Å². The van der Waals surface area contributed by atoms with E-state index in [0.717, 1.165) is 25.7 Å². The van der Waals surface area contributed by atoms with Crippen molar-refractivity contribution in [3.05, 3.63) is 41.5 Å². The number of aromatic nitrogens is 4. The molecule has 2 aromatic heterocycles. The summed E-state index contributed by atoms with van der Waals surface area (Å²) in [6, 6.07) is 1.74. The molecule has 8 heteroatoms. The molecule has 6 unspecified atom stereocenters. The van der Waals surface area contributed by atoms with Crippen LogP contribution in [-0.2, 0) is 18.3 Å². The summed E-state index contributed by atoms with van der Waals surface area (Å²) >= 11 is 1.28. The number of ketones is 1. The molecule has 3 saturated carbocycles. The van der Waals surface area contributed by atoms with Crippen LogP contribution in [0.2, 0.25) is 0 Å². The van der Waals surface area contributed by atoms with Gasteiger partial charge in [0.15, 0.2) is 10.9 Å². The highest BCUT2D eigenvalue weighted by Crippen LogP contribution is 2.67. The van der Waals surface area contributed by atoms with Crippen molar-refractivity contribution in [2.45, 2.75) is 69.2 Å².